The topological polar surface area (TPSA) is 228 Å². The van der Waals surface area contributed by atoms with E-state index in [1.165, 1.54) is 6.92 Å². The number of nitrogens with one attached hydrogen (secondary N) is 6. The van der Waals surface area contributed by atoms with Gasteiger partial charge in [-0.2, -0.15) is 0 Å². The van der Waals surface area contributed by atoms with Crippen LogP contribution in [0.4, 0.5) is 4.79 Å². The van der Waals surface area contributed by atoms with Gasteiger partial charge < -0.3 is 52.8 Å². The number of hydrogen-bond donors (Lipinski definition) is 8. The average Bonchev–Trinajstić information content (AvgIpc) is 2.96. The number of nitrogens with two attached hydrogens (primary N) is 2. The van der Waals surface area contributed by atoms with E-state index in [-0.39, 0.29) is 67.7 Å². The van der Waals surface area contributed by atoms with E-state index >= 15 is 0 Å². The maximum atomic E-state index is 13.5. The highest BCUT2D eigenvalue weighted by Crippen LogP contribution is 2.11. The van der Waals surface area contributed by atoms with E-state index in [1.807, 2.05) is 34.6 Å². The second-order valence-electron chi connectivity index (χ2n) is 12.2. The van der Waals surface area contributed by atoms with Gasteiger partial charge in [0, 0.05) is 45.1 Å². The first-order valence-electron chi connectivity index (χ1n) is 16.5. The number of ether oxygens (including phenoxy) is 2. The highest BCUT2D eigenvalue weighted by molar-refractivity contribution is 5.90. The zero-order valence-corrected chi connectivity index (χ0v) is 28.9. The minimum atomic E-state index is -0.856. The molecule has 0 spiro atoms. The lowest BCUT2D eigenvalue weighted by molar-refractivity contribution is -0.131. The Hall–Kier alpha value is -3.01. The number of rotatable bonds is 27. The molecule has 0 saturated heterocycles. The first kappa shape index (κ1) is 43.0. The summed E-state index contributed by atoms with van der Waals surface area (Å²) in [5, 5.41) is 17.3. The molecule has 0 aliphatic heterocycles. The summed E-state index contributed by atoms with van der Waals surface area (Å²) >= 11 is 0. The summed E-state index contributed by atoms with van der Waals surface area (Å²) in [5.41, 5.74) is 10.8. The number of hydrogen-bond acceptors (Lipinski definition) is 9. The molecule has 0 bridgehead atoms. The molecule has 10 N–H and O–H groups in total. The van der Waals surface area contributed by atoms with Crippen molar-refractivity contribution in [2.24, 2.45) is 23.3 Å². The van der Waals surface area contributed by atoms with Gasteiger partial charge in [0.05, 0.1) is 32.5 Å². The molecule has 15 nitrogen and oxygen atoms in total. The fourth-order valence-corrected chi connectivity index (χ4v) is 4.63. The molecule has 6 amide bonds. The van der Waals surface area contributed by atoms with Crippen LogP contribution < -0.4 is 43.4 Å². The lowest BCUT2D eigenvalue weighted by Gasteiger charge is -2.32. The molecule has 0 fully saturated rings. The Labute approximate surface area is 275 Å². The lowest BCUT2D eigenvalue weighted by atomic mass is 9.97. The van der Waals surface area contributed by atoms with Crippen LogP contribution in [0, 0.1) is 11.8 Å². The summed E-state index contributed by atoms with van der Waals surface area (Å²) in [6.45, 7) is 13.9. The normalized spacial score (nSPS) is 13.8. The second kappa shape index (κ2) is 26.1. The van der Waals surface area contributed by atoms with Crippen LogP contribution in [0.2, 0.25) is 0 Å². The van der Waals surface area contributed by atoms with Crippen molar-refractivity contribution in [3.05, 3.63) is 0 Å². The molecule has 0 aliphatic rings. The first-order valence-corrected chi connectivity index (χ1v) is 16.5. The number of primary amides is 1. The molecule has 4 atom stereocenters. The molecule has 15 heteroatoms. The predicted molar refractivity (Wildman–Crippen MR) is 178 cm³/mol. The first-order chi connectivity index (χ1) is 21.8. The molecule has 0 aromatic carbocycles. The molecule has 0 aliphatic carbocycles. The van der Waals surface area contributed by atoms with Crippen molar-refractivity contribution in [3.63, 3.8) is 0 Å². The van der Waals surface area contributed by atoms with Gasteiger partial charge in [0.25, 0.3) is 0 Å². The minimum Gasteiger partial charge on any atom is -0.377 e. The molecule has 0 radical (unpaired) electrons. The van der Waals surface area contributed by atoms with Gasteiger partial charge >= 0.3 is 6.03 Å². The molecule has 0 aromatic rings. The van der Waals surface area contributed by atoms with Crippen LogP contribution in [0.5, 0.6) is 0 Å². The molecule has 0 saturated carbocycles. The maximum Gasteiger partial charge on any atom is 0.312 e. The molecular weight excluding hydrogens is 596 g/mol. The van der Waals surface area contributed by atoms with Gasteiger partial charge in [-0.05, 0) is 51.0 Å². The quantitative estimate of drug-likeness (QED) is 0.0549. The lowest BCUT2D eigenvalue weighted by Crippen LogP contribution is -2.59. The van der Waals surface area contributed by atoms with E-state index in [1.54, 1.807) is 0 Å². The van der Waals surface area contributed by atoms with Gasteiger partial charge in [-0.25, -0.2) is 4.79 Å². The Balaban J connectivity index is 4.97. The maximum absolute atomic E-state index is 13.5. The number of amides is 6. The van der Waals surface area contributed by atoms with E-state index in [0.717, 1.165) is 12.8 Å². The van der Waals surface area contributed by atoms with Gasteiger partial charge in [-0.3, -0.25) is 19.2 Å². The third-order valence-corrected chi connectivity index (χ3v) is 7.03. The standard InChI is InChI=1S/C31H62N8O7/c1-21(2)20-27(41)34-14-16-45-18-19-46-17-15-35-29(42)26(11-9-13-36-31(33)44)39-30(43)28(22(3)4)37-23(5)25(38-24(6)40)10-7-8-12-32/h21-23,25-26,28,37H,7-20,32H2,1-6H3,(H,34,41)(H,35,42)(H,38,40)(H,39,43)(H3,33,36,44)/t23?,25-,26-,28-/m0/s1. The average molecular weight is 659 g/mol. The van der Waals surface area contributed by atoms with Crippen LogP contribution in [0.25, 0.3) is 0 Å². The molecule has 0 aromatic heterocycles. The third kappa shape index (κ3) is 22.5. The summed E-state index contributed by atoms with van der Waals surface area (Å²) in [7, 11) is 0. The van der Waals surface area contributed by atoms with Crippen molar-refractivity contribution in [3.8, 4) is 0 Å². The van der Waals surface area contributed by atoms with E-state index in [2.05, 4.69) is 31.9 Å². The number of carbonyl (C=O) groups excluding carboxylic acids is 5. The van der Waals surface area contributed by atoms with Crippen molar-refractivity contribution < 1.29 is 33.4 Å². The summed E-state index contributed by atoms with van der Waals surface area (Å²) in [4.78, 5) is 61.1. The predicted octanol–water partition coefficient (Wildman–Crippen LogP) is -0.132. The highest BCUT2D eigenvalue weighted by Gasteiger charge is 2.30. The van der Waals surface area contributed by atoms with E-state index < -0.39 is 18.1 Å². The molecule has 1 unspecified atom stereocenters. The van der Waals surface area contributed by atoms with Crippen LogP contribution in [0.3, 0.4) is 0 Å². The number of carbonyl (C=O) groups is 5. The minimum absolute atomic E-state index is 0.000533. The summed E-state index contributed by atoms with van der Waals surface area (Å²) < 4.78 is 11.0. The van der Waals surface area contributed by atoms with Crippen LogP contribution in [-0.4, -0.2) is 106 Å². The summed E-state index contributed by atoms with van der Waals surface area (Å²) in [5.74, 6) is -0.691. The third-order valence-electron chi connectivity index (χ3n) is 7.03. The Morgan fingerprint density at radius 2 is 1.35 bits per heavy atom. The van der Waals surface area contributed by atoms with Gasteiger partial charge in [-0.15, -0.1) is 0 Å². The molecule has 0 rings (SSSR count). The highest BCUT2D eigenvalue weighted by atomic mass is 16.5. The Kier molecular flexibility index (Phi) is 24.4. The Bertz CT molecular complexity index is 891. The van der Waals surface area contributed by atoms with E-state index in [4.69, 9.17) is 20.9 Å². The fourth-order valence-electron chi connectivity index (χ4n) is 4.63. The van der Waals surface area contributed by atoms with Crippen LogP contribution in [0.1, 0.15) is 80.1 Å². The van der Waals surface area contributed by atoms with Crippen molar-refractivity contribution in [2.75, 3.05) is 52.6 Å². The van der Waals surface area contributed by atoms with Crippen molar-refractivity contribution >= 4 is 29.7 Å². The van der Waals surface area contributed by atoms with E-state index in [9.17, 15) is 24.0 Å². The molecule has 46 heavy (non-hydrogen) atoms. The van der Waals surface area contributed by atoms with Gasteiger partial charge in [0.2, 0.25) is 23.6 Å². The van der Waals surface area contributed by atoms with E-state index in [0.29, 0.717) is 58.1 Å². The molecule has 0 heterocycles. The molecular formula is C31H62N8O7. The Morgan fingerprint density at radius 1 is 0.717 bits per heavy atom. The number of unbranched alkanes of at least 4 members (excludes halogenated alkanes) is 1. The van der Waals surface area contributed by atoms with Gasteiger partial charge in [0.15, 0.2) is 0 Å². The molecule has 268 valence electrons. The Morgan fingerprint density at radius 3 is 1.89 bits per heavy atom. The van der Waals surface area contributed by atoms with Crippen LogP contribution in [-0.2, 0) is 28.7 Å². The summed E-state index contributed by atoms with van der Waals surface area (Å²) in [6.07, 6.45) is 3.54. The summed E-state index contributed by atoms with van der Waals surface area (Å²) in [6, 6.07) is -2.58. The smallest absolute Gasteiger partial charge is 0.312 e. The van der Waals surface area contributed by atoms with Crippen molar-refractivity contribution in [2.45, 2.75) is 104 Å². The van der Waals surface area contributed by atoms with Crippen LogP contribution in [0.15, 0.2) is 0 Å². The second-order valence-corrected chi connectivity index (χ2v) is 12.2. The van der Waals surface area contributed by atoms with Crippen LogP contribution >= 0.6 is 0 Å². The van der Waals surface area contributed by atoms with Crippen molar-refractivity contribution in [1.29, 1.82) is 0 Å². The van der Waals surface area contributed by atoms with Gasteiger partial charge in [-0.1, -0.05) is 34.1 Å². The van der Waals surface area contributed by atoms with Gasteiger partial charge in [0.1, 0.15) is 6.04 Å². The monoisotopic (exact) mass is 658 g/mol. The number of urea groups is 1. The van der Waals surface area contributed by atoms with Crippen molar-refractivity contribution in [1.82, 2.24) is 31.9 Å². The zero-order valence-electron chi connectivity index (χ0n) is 28.9. The zero-order chi connectivity index (χ0) is 34.9. The largest absolute Gasteiger partial charge is 0.377 e. The fraction of sp³-hybridized carbons (Fsp3) is 0.839. The SMILES string of the molecule is CC(=O)N[C@@H](CCCCN)C(C)N[C@H](C(=O)N[C@@H](CCCNC(N)=O)C(=O)NCCOCCOCCNC(=O)CC(C)C)C(C)C.